The standard InChI is InChI=1S/C18H15ClN4O6S/c1-27-14-5-3-10(19)7-12(14)17-21-22-18(29-17)30-9-16(24)20-13-8-11(23(25)26)4-6-15(13)28-2/h3-8H,9H2,1-2H3,(H,20,24). The van der Waals surface area contributed by atoms with Crippen molar-refractivity contribution in [2.75, 3.05) is 25.3 Å². The molecule has 1 heterocycles. The van der Waals surface area contributed by atoms with Crippen LogP contribution in [0.1, 0.15) is 0 Å². The SMILES string of the molecule is COc1ccc([N+](=O)[O-])cc1NC(=O)CSc1nnc(-c2cc(Cl)ccc2OC)o1. The zero-order chi connectivity index (χ0) is 21.7. The Morgan fingerprint density at radius 3 is 2.63 bits per heavy atom. The maximum Gasteiger partial charge on any atom is 0.277 e. The van der Waals surface area contributed by atoms with Crippen molar-refractivity contribution in [2.24, 2.45) is 0 Å². The summed E-state index contributed by atoms with van der Waals surface area (Å²) in [5, 5.41) is 22.0. The summed E-state index contributed by atoms with van der Waals surface area (Å²) in [6.45, 7) is 0. The number of halogens is 1. The van der Waals surface area contributed by atoms with Crippen LogP contribution < -0.4 is 14.8 Å². The van der Waals surface area contributed by atoms with Gasteiger partial charge in [0.15, 0.2) is 0 Å². The van der Waals surface area contributed by atoms with Crippen LogP contribution in [0.5, 0.6) is 11.5 Å². The van der Waals surface area contributed by atoms with E-state index in [1.807, 2.05) is 0 Å². The van der Waals surface area contributed by atoms with Crippen LogP contribution in [0.3, 0.4) is 0 Å². The monoisotopic (exact) mass is 450 g/mol. The number of hydrogen-bond donors (Lipinski definition) is 1. The maximum atomic E-state index is 12.3. The first-order valence-electron chi connectivity index (χ1n) is 8.33. The van der Waals surface area contributed by atoms with Gasteiger partial charge in [-0.3, -0.25) is 14.9 Å². The number of carbonyl (C=O) groups excluding carboxylic acids is 1. The molecule has 0 aliphatic rings. The Bertz CT molecular complexity index is 1090. The van der Waals surface area contributed by atoms with Gasteiger partial charge in [0.1, 0.15) is 11.5 Å². The van der Waals surface area contributed by atoms with Gasteiger partial charge in [-0.25, -0.2) is 0 Å². The summed E-state index contributed by atoms with van der Waals surface area (Å²) in [5.74, 6) is 0.499. The van der Waals surface area contributed by atoms with E-state index in [-0.39, 0.29) is 28.2 Å². The second-order valence-corrected chi connectivity index (χ2v) is 7.06. The molecule has 0 fully saturated rings. The molecule has 0 saturated carbocycles. The number of methoxy groups -OCH3 is 2. The van der Waals surface area contributed by atoms with Crippen molar-refractivity contribution in [3.05, 3.63) is 51.5 Å². The second kappa shape index (κ2) is 9.46. The van der Waals surface area contributed by atoms with Crippen LogP contribution in [0, 0.1) is 10.1 Å². The van der Waals surface area contributed by atoms with Crippen molar-refractivity contribution < 1.29 is 23.6 Å². The fourth-order valence-corrected chi connectivity index (χ4v) is 3.18. The van der Waals surface area contributed by atoms with E-state index in [0.29, 0.717) is 22.1 Å². The molecule has 0 saturated heterocycles. The van der Waals surface area contributed by atoms with Crippen molar-refractivity contribution in [3.63, 3.8) is 0 Å². The summed E-state index contributed by atoms with van der Waals surface area (Å²) in [6, 6.07) is 8.88. The molecule has 2 aromatic carbocycles. The third kappa shape index (κ3) is 4.99. The molecule has 0 aliphatic heterocycles. The highest BCUT2D eigenvalue weighted by Crippen LogP contribution is 2.33. The minimum absolute atomic E-state index is 0.0693. The summed E-state index contributed by atoms with van der Waals surface area (Å²) in [6.07, 6.45) is 0. The Morgan fingerprint density at radius 2 is 1.93 bits per heavy atom. The van der Waals surface area contributed by atoms with E-state index in [9.17, 15) is 14.9 Å². The Kier molecular flexibility index (Phi) is 6.75. The molecular formula is C18H15ClN4O6S. The number of non-ortho nitro benzene ring substituents is 1. The van der Waals surface area contributed by atoms with Crippen molar-refractivity contribution >= 4 is 40.6 Å². The average Bonchev–Trinajstić information content (AvgIpc) is 3.21. The number of nitro benzene ring substituents is 1. The Morgan fingerprint density at radius 1 is 1.20 bits per heavy atom. The summed E-state index contributed by atoms with van der Waals surface area (Å²) >= 11 is 7.01. The molecule has 1 aromatic heterocycles. The molecule has 0 unspecified atom stereocenters. The third-order valence-corrected chi connectivity index (χ3v) is 4.85. The first-order valence-corrected chi connectivity index (χ1v) is 9.70. The second-order valence-electron chi connectivity index (χ2n) is 5.70. The van der Waals surface area contributed by atoms with Crippen LogP contribution in [0.4, 0.5) is 11.4 Å². The maximum absolute atomic E-state index is 12.3. The zero-order valence-corrected chi connectivity index (χ0v) is 17.3. The summed E-state index contributed by atoms with van der Waals surface area (Å²) in [4.78, 5) is 22.6. The molecule has 0 radical (unpaired) electrons. The molecule has 3 aromatic rings. The summed E-state index contributed by atoms with van der Waals surface area (Å²) in [7, 11) is 2.90. The van der Waals surface area contributed by atoms with E-state index in [1.165, 1.54) is 32.4 Å². The lowest BCUT2D eigenvalue weighted by molar-refractivity contribution is -0.384. The molecule has 0 aliphatic carbocycles. The number of hydrogen-bond acceptors (Lipinski definition) is 9. The first kappa shape index (κ1) is 21.4. The van der Waals surface area contributed by atoms with Gasteiger partial charge >= 0.3 is 0 Å². The van der Waals surface area contributed by atoms with Crippen molar-refractivity contribution in [1.82, 2.24) is 10.2 Å². The highest BCUT2D eigenvalue weighted by Gasteiger charge is 2.17. The van der Waals surface area contributed by atoms with Gasteiger partial charge in [0, 0.05) is 17.2 Å². The lowest BCUT2D eigenvalue weighted by atomic mass is 10.2. The van der Waals surface area contributed by atoms with Crippen molar-refractivity contribution in [3.8, 4) is 23.0 Å². The number of rotatable bonds is 8. The quantitative estimate of drug-likeness (QED) is 0.307. The molecule has 1 N–H and O–H groups in total. The molecular weight excluding hydrogens is 436 g/mol. The van der Waals surface area contributed by atoms with Crippen LogP contribution in [-0.4, -0.2) is 41.0 Å². The highest BCUT2D eigenvalue weighted by molar-refractivity contribution is 7.99. The van der Waals surface area contributed by atoms with Gasteiger partial charge < -0.3 is 19.2 Å². The molecule has 156 valence electrons. The number of carbonyl (C=O) groups is 1. The highest BCUT2D eigenvalue weighted by atomic mass is 35.5. The van der Waals surface area contributed by atoms with E-state index in [4.69, 9.17) is 25.5 Å². The number of thioether (sulfide) groups is 1. The molecule has 1 amide bonds. The minimum Gasteiger partial charge on any atom is -0.496 e. The van der Waals surface area contributed by atoms with Gasteiger partial charge in [0.25, 0.3) is 16.8 Å². The molecule has 12 heteroatoms. The third-order valence-electron chi connectivity index (χ3n) is 3.79. The number of aromatic nitrogens is 2. The Hall–Kier alpha value is -3.31. The largest absolute Gasteiger partial charge is 0.496 e. The first-order chi connectivity index (χ1) is 14.4. The number of nitrogens with zero attached hydrogens (tertiary/aromatic N) is 3. The van der Waals surface area contributed by atoms with Gasteiger partial charge in [-0.15, -0.1) is 10.2 Å². The Labute approximate surface area is 179 Å². The number of anilines is 1. The van der Waals surface area contributed by atoms with Gasteiger partial charge in [-0.05, 0) is 24.3 Å². The van der Waals surface area contributed by atoms with E-state index in [2.05, 4.69) is 15.5 Å². The van der Waals surface area contributed by atoms with E-state index >= 15 is 0 Å². The predicted octanol–water partition coefficient (Wildman–Crippen LogP) is 4.05. The topological polar surface area (TPSA) is 130 Å². The smallest absolute Gasteiger partial charge is 0.277 e. The summed E-state index contributed by atoms with van der Waals surface area (Å²) in [5.41, 5.74) is 0.540. The van der Waals surface area contributed by atoms with Gasteiger partial charge in [-0.2, -0.15) is 0 Å². The van der Waals surface area contributed by atoms with Gasteiger partial charge in [0.2, 0.25) is 5.91 Å². The lowest BCUT2D eigenvalue weighted by Crippen LogP contribution is -2.14. The molecule has 0 spiro atoms. The average molecular weight is 451 g/mol. The summed E-state index contributed by atoms with van der Waals surface area (Å²) < 4.78 is 16.0. The van der Waals surface area contributed by atoms with Crippen LogP contribution in [0.15, 0.2) is 46.0 Å². The van der Waals surface area contributed by atoms with Crippen LogP contribution >= 0.6 is 23.4 Å². The number of nitrogens with one attached hydrogen (secondary N) is 1. The zero-order valence-electron chi connectivity index (χ0n) is 15.7. The molecule has 3 rings (SSSR count). The van der Waals surface area contributed by atoms with Gasteiger partial charge in [0.05, 0.1) is 36.1 Å². The molecule has 0 bridgehead atoms. The number of benzene rings is 2. The number of nitro groups is 1. The van der Waals surface area contributed by atoms with E-state index < -0.39 is 10.8 Å². The van der Waals surface area contributed by atoms with Gasteiger partial charge in [-0.1, -0.05) is 23.4 Å². The molecule has 10 nitrogen and oxygen atoms in total. The molecule has 30 heavy (non-hydrogen) atoms. The minimum atomic E-state index is -0.562. The predicted molar refractivity (Wildman–Crippen MR) is 110 cm³/mol. The molecule has 0 atom stereocenters. The van der Waals surface area contributed by atoms with Crippen LogP contribution in [0.2, 0.25) is 5.02 Å². The number of amides is 1. The number of ether oxygens (including phenoxy) is 2. The van der Waals surface area contributed by atoms with Crippen LogP contribution in [0.25, 0.3) is 11.5 Å². The lowest BCUT2D eigenvalue weighted by Gasteiger charge is -2.09. The van der Waals surface area contributed by atoms with E-state index in [1.54, 1.807) is 18.2 Å². The normalized spacial score (nSPS) is 10.5. The fraction of sp³-hybridized carbons (Fsp3) is 0.167. The Balaban J connectivity index is 1.67. The fourth-order valence-electron chi connectivity index (χ4n) is 2.45. The van der Waals surface area contributed by atoms with Crippen molar-refractivity contribution in [1.29, 1.82) is 0 Å². The van der Waals surface area contributed by atoms with E-state index in [0.717, 1.165) is 11.8 Å². The van der Waals surface area contributed by atoms with Crippen molar-refractivity contribution in [2.45, 2.75) is 5.22 Å². The van der Waals surface area contributed by atoms with Crippen LogP contribution in [-0.2, 0) is 4.79 Å².